The van der Waals surface area contributed by atoms with Gasteiger partial charge >= 0.3 is 0 Å². The number of sulfonamides is 1. The highest BCUT2D eigenvalue weighted by atomic mass is 32.2. The summed E-state index contributed by atoms with van der Waals surface area (Å²) in [6.07, 6.45) is 1.89. The molecular weight excluding hydrogens is 354 g/mol. The van der Waals surface area contributed by atoms with Gasteiger partial charge in [0.25, 0.3) is 15.9 Å². The van der Waals surface area contributed by atoms with Crippen molar-refractivity contribution in [2.45, 2.75) is 30.7 Å². The molecule has 0 unspecified atom stereocenters. The topological polar surface area (TPSA) is 104 Å². The van der Waals surface area contributed by atoms with Crippen molar-refractivity contribution >= 4 is 33.2 Å². The molecular formula is C18H19N3O4S. The van der Waals surface area contributed by atoms with E-state index >= 15 is 0 Å². The molecule has 26 heavy (non-hydrogen) atoms. The second kappa shape index (κ2) is 7.17. The third kappa shape index (κ3) is 4.40. The summed E-state index contributed by atoms with van der Waals surface area (Å²) in [5.74, 6) is -0.541. The number of para-hydroxylation sites is 1. The van der Waals surface area contributed by atoms with E-state index in [1.54, 1.807) is 24.3 Å². The van der Waals surface area contributed by atoms with Crippen LogP contribution in [0.5, 0.6) is 0 Å². The predicted molar refractivity (Wildman–Crippen MR) is 98.5 cm³/mol. The van der Waals surface area contributed by atoms with Crippen LogP contribution in [-0.4, -0.2) is 26.3 Å². The molecule has 2 aromatic carbocycles. The Kier molecular flexibility index (Phi) is 4.94. The third-order valence-corrected chi connectivity index (χ3v) is 5.19. The Morgan fingerprint density at radius 2 is 1.65 bits per heavy atom. The van der Waals surface area contributed by atoms with Gasteiger partial charge in [-0.15, -0.1) is 0 Å². The van der Waals surface area contributed by atoms with Crippen LogP contribution in [0.4, 0.5) is 11.4 Å². The number of anilines is 2. The van der Waals surface area contributed by atoms with Gasteiger partial charge in [0.1, 0.15) is 0 Å². The van der Waals surface area contributed by atoms with Gasteiger partial charge in [-0.3, -0.25) is 14.3 Å². The van der Waals surface area contributed by atoms with Crippen LogP contribution in [0, 0.1) is 0 Å². The van der Waals surface area contributed by atoms with Crippen molar-refractivity contribution < 1.29 is 18.0 Å². The molecule has 1 aliphatic rings. The predicted octanol–water partition coefficient (Wildman–Crippen LogP) is 2.34. The fraction of sp³-hybridized carbons (Fsp3) is 0.222. The molecule has 0 saturated heterocycles. The summed E-state index contributed by atoms with van der Waals surface area (Å²) in [5, 5.41) is 5.42. The second-order valence-electron chi connectivity index (χ2n) is 6.10. The number of benzene rings is 2. The molecule has 0 aromatic heterocycles. The number of rotatable bonds is 6. The van der Waals surface area contributed by atoms with Gasteiger partial charge < -0.3 is 10.6 Å². The van der Waals surface area contributed by atoms with Crippen molar-refractivity contribution in [1.29, 1.82) is 0 Å². The SMILES string of the molecule is CC(=O)Nc1ccc(S(=O)(=O)Nc2ccccc2C(=O)NC2CC2)cc1. The molecule has 0 bridgehead atoms. The molecule has 1 saturated carbocycles. The maximum atomic E-state index is 12.6. The molecule has 2 amide bonds. The Balaban J connectivity index is 1.81. The number of hydrogen-bond acceptors (Lipinski definition) is 4. The average Bonchev–Trinajstić information content (AvgIpc) is 3.39. The summed E-state index contributed by atoms with van der Waals surface area (Å²) in [6, 6.07) is 12.4. The lowest BCUT2D eigenvalue weighted by Crippen LogP contribution is -2.27. The van der Waals surface area contributed by atoms with Crippen molar-refractivity contribution in [1.82, 2.24) is 5.32 Å². The molecule has 2 aromatic rings. The van der Waals surface area contributed by atoms with E-state index in [0.717, 1.165) is 12.8 Å². The third-order valence-electron chi connectivity index (χ3n) is 3.81. The summed E-state index contributed by atoms with van der Waals surface area (Å²) in [7, 11) is -3.87. The number of carbonyl (C=O) groups excluding carboxylic acids is 2. The van der Waals surface area contributed by atoms with Crippen molar-refractivity contribution in [3.05, 3.63) is 54.1 Å². The quantitative estimate of drug-likeness (QED) is 0.723. The standard InChI is InChI=1S/C18H19N3O4S/c1-12(22)19-13-8-10-15(11-9-13)26(24,25)21-17-5-3-2-4-16(17)18(23)20-14-6-7-14/h2-5,8-11,14,21H,6-7H2,1H3,(H,19,22)(H,20,23). The lowest BCUT2D eigenvalue weighted by Gasteiger charge is -2.13. The Hall–Kier alpha value is -2.87. The van der Waals surface area contributed by atoms with Gasteiger partial charge in [0.05, 0.1) is 16.1 Å². The Bertz CT molecular complexity index is 935. The van der Waals surface area contributed by atoms with E-state index in [4.69, 9.17) is 0 Å². The summed E-state index contributed by atoms with van der Waals surface area (Å²) in [4.78, 5) is 23.4. The highest BCUT2D eigenvalue weighted by Gasteiger charge is 2.25. The van der Waals surface area contributed by atoms with Gasteiger partial charge in [0.2, 0.25) is 5.91 Å². The first-order valence-electron chi connectivity index (χ1n) is 8.15. The maximum absolute atomic E-state index is 12.6. The van der Waals surface area contributed by atoms with Gasteiger partial charge in [-0.1, -0.05) is 12.1 Å². The van der Waals surface area contributed by atoms with E-state index in [1.165, 1.54) is 31.2 Å². The van der Waals surface area contributed by atoms with E-state index in [1.807, 2.05) is 0 Å². The summed E-state index contributed by atoms with van der Waals surface area (Å²) < 4.78 is 27.7. The van der Waals surface area contributed by atoms with E-state index in [0.29, 0.717) is 5.69 Å². The van der Waals surface area contributed by atoms with Crippen molar-refractivity contribution in [2.24, 2.45) is 0 Å². The molecule has 1 aliphatic carbocycles. The van der Waals surface area contributed by atoms with Gasteiger partial charge in [-0.05, 0) is 49.2 Å². The van der Waals surface area contributed by atoms with Crippen LogP contribution in [0.25, 0.3) is 0 Å². The van der Waals surface area contributed by atoms with Gasteiger partial charge in [-0.25, -0.2) is 8.42 Å². The minimum absolute atomic E-state index is 0.0315. The van der Waals surface area contributed by atoms with Crippen molar-refractivity contribution in [3.8, 4) is 0 Å². The fourth-order valence-corrected chi connectivity index (χ4v) is 3.47. The van der Waals surface area contributed by atoms with Crippen LogP contribution in [0.3, 0.4) is 0 Å². The monoisotopic (exact) mass is 373 g/mol. The molecule has 3 rings (SSSR count). The van der Waals surface area contributed by atoms with Gasteiger partial charge in [0, 0.05) is 18.7 Å². The van der Waals surface area contributed by atoms with Crippen molar-refractivity contribution in [2.75, 3.05) is 10.0 Å². The molecule has 0 spiro atoms. The molecule has 0 radical (unpaired) electrons. The summed E-state index contributed by atoms with van der Waals surface area (Å²) in [6.45, 7) is 1.37. The van der Waals surface area contributed by atoms with Crippen LogP contribution < -0.4 is 15.4 Å². The molecule has 0 aliphatic heterocycles. The lowest BCUT2D eigenvalue weighted by molar-refractivity contribution is -0.114. The number of nitrogens with one attached hydrogen (secondary N) is 3. The first-order chi connectivity index (χ1) is 12.3. The van der Waals surface area contributed by atoms with Crippen LogP contribution in [0.2, 0.25) is 0 Å². The number of hydrogen-bond donors (Lipinski definition) is 3. The van der Waals surface area contributed by atoms with Crippen molar-refractivity contribution in [3.63, 3.8) is 0 Å². The van der Waals surface area contributed by atoms with E-state index < -0.39 is 10.0 Å². The Morgan fingerprint density at radius 3 is 2.27 bits per heavy atom. The zero-order valence-corrected chi connectivity index (χ0v) is 15.0. The highest BCUT2D eigenvalue weighted by Crippen LogP contribution is 2.24. The Labute approximate surface area is 151 Å². The second-order valence-corrected chi connectivity index (χ2v) is 7.79. The zero-order valence-electron chi connectivity index (χ0n) is 14.2. The van der Waals surface area contributed by atoms with E-state index in [9.17, 15) is 18.0 Å². The zero-order chi connectivity index (χ0) is 18.7. The van der Waals surface area contributed by atoms with E-state index in [2.05, 4.69) is 15.4 Å². The minimum Gasteiger partial charge on any atom is -0.349 e. The number of amides is 2. The van der Waals surface area contributed by atoms with Crippen LogP contribution in [0.1, 0.15) is 30.1 Å². The molecule has 136 valence electrons. The Morgan fingerprint density at radius 1 is 1.00 bits per heavy atom. The first-order valence-corrected chi connectivity index (χ1v) is 9.64. The molecule has 8 heteroatoms. The molecule has 3 N–H and O–H groups in total. The normalized spacial score (nSPS) is 13.7. The summed E-state index contributed by atoms with van der Waals surface area (Å²) in [5.41, 5.74) is 0.995. The maximum Gasteiger partial charge on any atom is 0.261 e. The van der Waals surface area contributed by atoms with Gasteiger partial charge in [0.15, 0.2) is 0 Å². The lowest BCUT2D eigenvalue weighted by atomic mass is 10.1. The minimum atomic E-state index is -3.87. The summed E-state index contributed by atoms with van der Waals surface area (Å²) >= 11 is 0. The molecule has 7 nitrogen and oxygen atoms in total. The molecule has 0 atom stereocenters. The van der Waals surface area contributed by atoms with E-state index in [-0.39, 0.29) is 34.0 Å². The van der Waals surface area contributed by atoms with Gasteiger partial charge in [-0.2, -0.15) is 0 Å². The fourth-order valence-electron chi connectivity index (χ4n) is 2.39. The smallest absolute Gasteiger partial charge is 0.261 e. The van der Waals surface area contributed by atoms with Crippen LogP contribution in [0.15, 0.2) is 53.4 Å². The van der Waals surface area contributed by atoms with Crippen LogP contribution >= 0.6 is 0 Å². The highest BCUT2D eigenvalue weighted by molar-refractivity contribution is 7.92. The largest absolute Gasteiger partial charge is 0.349 e. The average molecular weight is 373 g/mol. The number of carbonyl (C=O) groups is 2. The first kappa shape index (κ1) is 17.9. The molecule has 0 heterocycles. The van der Waals surface area contributed by atoms with Crippen LogP contribution in [-0.2, 0) is 14.8 Å². The molecule has 1 fully saturated rings.